The molecule has 6 heteroatoms. The average molecular weight is 365 g/mol. The van der Waals surface area contributed by atoms with Crippen LogP contribution in [0.15, 0.2) is 18.7 Å². The standard InChI is InChI=1S/C4H6N2.2ClH.H3N.Pt/c1-6-3-2-5-4-6;;;;/h2-4H,1H3;2*1H;1H3;/q;;;;+2/p-2. The van der Waals surface area contributed by atoms with Crippen LogP contribution >= 0.6 is 0 Å². The summed E-state index contributed by atoms with van der Waals surface area (Å²) in [6.45, 7) is 0. The van der Waals surface area contributed by atoms with Crippen LogP contribution in [0, 0.1) is 0 Å². The first-order valence-electron chi connectivity index (χ1n) is 1.81. The van der Waals surface area contributed by atoms with Gasteiger partial charge in [0, 0.05) is 19.4 Å². The maximum absolute atomic E-state index is 3.78. The second-order valence-electron chi connectivity index (χ2n) is 1.23. The molecule has 1 rings (SSSR count). The first kappa shape index (κ1) is 22.4. The molecule has 3 nitrogen and oxygen atoms in total. The Morgan fingerprint density at radius 3 is 1.90 bits per heavy atom. The van der Waals surface area contributed by atoms with Crippen LogP contribution in [0.25, 0.3) is 0 Å². The van der Waals surface area contributed by atoms with E-state index in [4.69, 9.17) is 0 Å². The molecule has 1 aromatic heterocycles. The van der Waals surface area contributed by atoms with Gasteiger partial charge in [0.1, 0.15) is 0 Å². The van der Waals surface area contributed by atoms with Gasteiger partial charge < -0.3 is 35.5 Å². The van der Waals surface area contributed by atoms with Crippen molar-refractivity contribution in [3.8, 4) is 0 Å². The quantitative estimate of drug-likeness (QED) is 0.499. The summed E-state index contributed by atoms with van der Waals surface area (Å²) in [5.41, 5.74) is 0. The molecule has 0 aromatic carbocycles. The topological polar surface area (TPSA) is 52.8 Å². The Bertz CT molecular complexity index is 122. The molecule has 1 heterocycles. The zero-order valence-corrected chi connectivity index (χ0v) is 9.19. The molecule has 0 atom stereocenters. The molecule has 0 radical (unpaired) electrons. The van der Waals surface area contributed by atoms with E-state index >= 15 is 0 Å². The van der Waals surface area contributed by atoms with Gasteiger partial charge in [0.2, 0.25) is 0 Å². The minimum Gasteiger partial charge on any atom is -1.00 e. The van der Waals surface area contributed by atoms with E-state index in [1.807, 2.05) is 17.8 Å². The van der Waals surface area contributed by atoms with E-state index in [0.717, 1.165) is 0 Å². The maximum Gasteiger partial charge on any atom is 2.00 e. The number of aryl methyl sites for hydroxylation is 1. The predicted octanol–water partition coefficient (Wildman–Crippen LogP) is -5.41. The van der Waals surface area contributed by atoms with E-state index in [1.54, 1.807) is 12.5 Å². The van der Waals surface area contributed by atoms with Crippen LogP contribution in [0.5, 0.6) is 0 Å². The van der Waals surface area contributed by atoms with E-state index in [0.29, 0.717) is 0 Å². The Labute approximate surface area is 87.3 Å². The summed E-state index contributed by atoms with van der Waals surface area (Å²) in [5, 5.41) is 0. The minimum absolute atomic E-state index is 0. The van der Waals surface area contributed by atoms with Gasteiger partial charge in [-0.05, 0) is 0 Å². The Morgan fingerprint density at radius 1 is 1.30 bits per heavy atom. The molecule has 0 bridgehead atoms. The Kier molecular flexibility index (Phi) is 27.2. The van der Waals surface area contributed by atoms with Crippen molar-refractivity contribution < 1.29 is 45.9 Å². The van der Waals surface area contributed by atoms with Crippen LogP contribution in [0.2, 0.25) is 0 Å². The van der Waals surface area contributed by atoms with Crippen LogP contribution in [0.4, 0.5) is 0 Å². The van der Waals surface area contributed by atoms with Crippen LogP contribution in [-0.2, 0) is 28.1 Å². The molecule has 0 unspecified atom stereocenters. The first-order valence-corrected chi connectivity index (χ1v) is 1.81. The van der Waals surface area contributed by atoms with Crippen molar-refractivity contribution >= 4 is 0 Å². The van der Waals surface area contributed by atoms with Crippen molar-refractivity contribution in [2.75, 3.05) is 0 Å². The van der Waals surface area contributed by atoms with Crippen molar-refractivity contribution in [1.82, 2.24) is 15.7 Å². The summed E-state index contributed by atoms with van der Waals surface area (Å²) >= 11 is 0. The van der Waals surface area contributed by atoms with Crippen LogP contribution in [0.3, 0.4) is 0 Å². The summed E-state index contributed by atoms with van der Waals surface area (Å²) in [5.74, 6) is 0. The smallest absolute Gasteiger partial charge is 1.00 e. The van der Waals surface area contributed by atoms with Crippen molar-refractivity contribution in [2.24, 2.45) is 7.05 Å². The summed E-state index contributed by atoms with van der Waals surface area (Å²) in [6.07, 6.45) is 5.39. The molecular weight excluding hydrogens is 356 g/mol. The third-order valence-corrected chi connectivity index (χ3v) is 0.637. The summed E-state index contributed by atoms with van der Waals surface area (Å²) in [6, 6.07) is 0. The van der Waals surface area contributed by atoms with Crippen molar-refractivity contribution in [1.29, 1.82) is 0 Å². The number of halogens is 2. The Balaban J connectivity index is -0.0000000450. The van der Waals surface area contributed by atoms with Crippen molar-refractivity contribution in [2.45, 2.75) is 0 Å². The summed E-state index contributed by atoms with van der Waals surface area (Å²) in [4.78, 5) is 3.78. The molecule has 0 amide bonds. The van der Waals surface area contributed by atoms with E-state index in [2.05, 4.69) is 4.98 Å². The number of hydrogen-bond acceptors (Lipinski definition) is 2. The summed E-state index contributed by atoms with van der Waals surface area (Å²) < 4.78 is 1.89. The average Bonchev–Trinajstić information content (AvgIpc) is 1.86. The van der Waals surface area contributed by atoms with Crippen LogP contribution < -0.4 is 31.0 Å². The number of nitrogens with zero attached hydrogens (tertiary/aromatic N) is 2. The van der Waals surface area contributed by atoms with E-state index in [-0.39, 0.29) is 52.0 Å². The molecule has 1 aromatic rings. The van der Waals surface area contributed by atoms with E-state index in [1.165, 1.54) is 0 Å². The largest absolute Gasteiger partial charge is 2.00 e. The van der Waals surface area contributed by atoms with Gasteiger partial charge in [-0.2, -0.15) is 0 Å². The first-order chi connectivity index (χ1) is 2.89. The minimum atomic E-state index is 0. The molecule has 0 aliphatic heterocycles. The van der Waals surface area contributed by atoms with Crippen molar-refractivity contribution in [3.05, 3.63) is 18.7 Å². The number of aromatic nitrogens is 2. The molecule has 0 aliphatic rings. The van der Waals surface area contributed by atoms with Gasteiger partial charge in [0.15, 0.2) is 0 Å². The summed E-state index contributed by atoms with van der Waals surface area (Å²) in [7, 11) is 1.94. The molecule has 64 valence electrons. The third-order valence-electron chi connectivity index (χ3n) is 0.637. The number of imidazole rings is 1. The van der Waals surface area contributed by atoms with Gasteiger partial charge in [-0.15, -0.1) is 0 Å². The number of hydrogen-bond donors (Lipinski definition) is 1. The van der Waals surface area contributed by atoms with Gasteiger partial charge >= 0.3 is 21.1 Å². The van der Waals surface area contributed by atoms with Gasteiger partial charge in [-0.3, -0.25) is 0 Å². The predicted molar refractivity (Wildman–Crippen MR) is 28.2 cm³/mol. The van der Waals surface area contributed by atoms with Gasteiger partial charge in [0.25, 0.3) is 0 Å². The fraction of sp³-hybridized carbons (Fsp3) is 0.250. The molecule has 3 N–H and O–H groups in total. The van der Waals surface area contributed by atoms with Crippen molar-refractivity contribution in [3.63, 3.8) is 0 Å². The monoisotopic (exact) mass is 364 g/mol. The molecule has 0 saturated carbocycles. The molecule has 0 saturated heterocycles. The van der Waals surface area contributed by atoms with Gasteiger partial charge in [-0.1, -0.05) is 0 Å². The zero-order chi connectivity index (χ0) is 4.41. The fourth-order valence-corrected chi connectivity index (χ4v) is 0.326. The Hall–Kier alpha value is 0.438. The normalized spacial score (nSPS) is 5.30. The molecule has 0 spiro atoms. The van der Waals surface area contributed by atoms with E-state index in [9.17, 15) is 0 Å². The molecule has 0 aliphatic carbocycles. The van der Waals surface area contributed by atoms with Gasteiger partial charge in [0.05, 0.1) is 6.33 Å². The third kappa shape index (κ3) is 8.44. The van der Waals surface area contributed by atoms with Crippen LogP contribution in [-0.4, -0.2) is 9.55 Å². The second kappa shape index (κ2) is 12.1. The molecular formula is C4H9Cl2N3Pt. The zero-order valence-electron chi connectivity index (χ0n) is 5.41. The fourth-order valence-electron chi connectivity index (χ4n) is 0.326. The molecule has 10 heavy (non-hydrogen) atoms. The molecule has 0 fully saturated rings. The SMILES string of the molecule is Cn1ccnc1.N.[Cl-].[Cl-].[Pt+2]. The number of rotatable bonds is 0. The second-order valence-corrected chi connectivity index (χ2v) is 1.23. The van der Waals surface area contributed by atoms with E-state index < -0.39 is 0 Å². The Morgan fingerprint density at radius 2 is 1.80 bits per heavy atom. The maximum atomic E-state index is 3.78. The van der Waals surface area contributed by atoms with Gasteiger partial charge in [-0.25, -0.2) is 4.98 Å². The van der Waals surface area contributed by atoms with Crippen LogP contribution in [0.1, 0.15) is 0 Å².